The molecule has 2 aromatic heterocycles. The number of pyridine rings is 1. The van der Waals surface area contributed by atoms with Crippen molar-refractivity contribution in [3.8, 4) is 11.3 Å². The van der Waals surface area contributed by atoms with Crippen LogP contribution in [0.3, 0.4) is 0 Å². The first kappa shape index (κ1) is 24.2. The van der Waals surface area contributed by atoms with E-state index in [1.165, 1.54) is 6.92 Å². The molecule has 2 heterocycles. The number of fused-ring (bicyclic) bond motifs is 1. The van der Waals surface area contributed by atoms with Crippen LogP contribution in [0.1, 0.15) is 49.7 Å². The summed E-state index contributed by atoms with van der Waals surface area (Å²) in [4.78, 5) is 47.7. The maximum absolute atomic E-state index is 13.6. The maximum Gasteiger partial charge on any atom is 0.229 e. The zero-order chi connectivity index (χ0) is 25.2. The molecule has 0 fully saturated rings. The van der Waals surface area contributed by atoms with Crippen LogP contribution in [0.5, 0.6) is 0 Å². The SMILES string of the molecule is CCCN(C)C(=O)C1(C)CC(=O)c2c([nH]c(-c3ccnc(NC(C)=O)c3)c2Nc2ccccc2)C1. The average molecular weight is 474 g/mol. The summed E-state index contributed by atoms with van der Waals surface area (Å²) in [7, 11) is 1.79. The van der Waals surface area contributed by atoms with E-state index in [0.717, 1.165) is 23.4 Å². The maximum atomic E-state index is 13.6. The van der Waals surface area contributed by atoms with Crippen molar-refractivity contribution in [3.63, 3.8) is 0 Å². The fraction of sp³-hybridized carbons (Fsp3) is 0.333. The first-order valence-corrected chi connectivity index (χ1v) is 11.8. The van der Waals surface area contributed by atoms with E-state index in [0.29, 0.717) is 35.7 Å². The number of nitrogens with one attached hydrogen (secondary N) is 3. The van der Waals surface area contributed by atoms with Gasteiger partial charge in [-0.3, -0.25) is 14.4 Å². The summed E-state index contributed by atoms with van der Waals surface area (Å²) in [5.74, 6) is 0.0949. The minimum Gasteiger partial charge on any atom is -0.356 e. The van der Waals surface area contributed by atoms with Gasteiger partial charge in [-0.15, -0.1) is 0 Å². The lowest BCUT2D eigenvalue weighted by molar-refractivity contribution is -0.140. The smallest absolute Gasteiger partial charge is 0.229 e. The highest BCUT2D eigenvalue weighted by Gasteiger charge is 2.44. The number of hydrogen-bond donors (Lipinski definition) is 3. The highest BCUT2D eigenvalue weighted by molar-refractivity contribution is 6.10. The Hall–Kier alpha value is -3.94. The van der Waals surface area contributed by atoms with Gasteiger partial charge in [-0.2, -0.15) is 0 Å². The number of nitrogens with zero attached hydrogens (tertiary/aromatic N) is 2. The number of aromatic amines is 1. The summed E-state index contributed by atoms with van der Waals surface area (Å²) in [6, 6.07) is 13.2. The summed E-state index contributed by atoms with van der Waals surface area (Å²) in [5, 5.41) is 6.12. The number of Topliss-reactive ketones (excluding diaryl/α,β-unsaturated/α-hetero) is 1. The summed E-state index contributed by atoms with van der Waals surface area (Å²) in [6.45, 7) is 5.97. The van der Waals surface area contributed by atoms with Crippen LogP contribution in [0, 0.1) is 5.41 Å². The van der Waals surface area contributed by atoms with E-state index in [1.807, 2.05) is 50.2 Å². The van der Waals surface area contributed by atoms with Gasteiger partial charge in [0.1, 0.15) is 5.82 Å². The minimum absolute atomic E-state index is 0.0241. The number of para-hydroxylation sites is 1. The van der Waals surface area contributed by atoms with Gasteiger partial charge in [-0.25, -0.2) is 4.98 Å². The molecule has 1 atom stereocenters. The predicted octanol–water partition coefficient (Wildman–Crippen LogP) is 4.78. The number of H-pyrrole nitrogens is 1. The molecule has 1 aromatic carbocycles. The molecule has 8 nitrogen and oxygen atoms in total. The Labute approximate surface area is 205 Å². The Morgan fingerprint density at radius 2 is 1.91 bits per heavy atom. The molecule has 0 saturated carbocycles. The van der Waals surface area contributed by atoms with Gasteiger partial charge in [0.05, 0.1) is 22.4 Å². The largest absolute Gasteiger partial charge is 0.356 e. The highest BCUT2D eigenvalue weighted by Crippen LogP contribution is 2.44. The van der Waals surface area contributed by atoms with Crippen LogP contribution < -0.4 is 10.6 Å². The zero-order valence-electron chi connectivity index (χ0n) is 20.6. The Kier molecular flexibility index (Phi) is 6.73. The molecular weight excluding hydrogens is 442 g/mol. The average Bonchev–Trinajstić information content (AvgIpc) is 3.17. The molecule has 1 aliphatic rings. The monoisotopic (exact) mass is 473 g/mol. The lowest BCUT2D eigenvalue weighted by Crippen LogP contribution is -2.45. The van der Waals surface area contributed by atoms with E-state index >= 15 is 0 Å². The van der Waals surface area contributed by atoms with Crippen LogP contribution >= 0.6 is 0 Å². The first-order chi connectivity index (χ1) is 16.7. The van der Waals surface area contributed by atoms with E-state index in [2.05, 4.69) is 20.6 Å². The molecule has 8 heteroatoms. The van der Waals surface area contributed by atoms with Crippen molar-refractivity contribution >= 4 is 34.8 Å². The summed E-state index contributed by atoms with van der Waals surface area (Å²) >= 11 is 0. The van der Waals surface area contributed by atoms with Gasteiger partial charge < -0.3 is 20.5 Å². The Balaban J connectivity index is 1.81. The molecule has 0 spiro atoms. The van der Waals surface area contributed by atoms with E-state index in [9.17, 15) is 14.4 Å². The van der Waals surface area contributed by atoms with Gasteiger partial charge >= 0.3 is 0 Å². The van der Waals surface area contributed by atoms with E-state index in [4.69, 9.17) is 0 Å². The summed E-state index contributed by atoms with van der Waals surface area (Å²) in [6.07, 6.45) is 3.03. The Bertz CT molecular complexity index is 1270. The lowest BCUT2D eigenvalue weighted by Gasteiger charge is -2.35. The molecule has 1 unspecified atom stereocenters. The van der Waals surface area contributed by atoms with Crippen molar-refractivity contribution in [1.29, 1.82) is 0 Å². The van der Waals surface area contributed by atoms with Gasteiger partial charge in [-0.1, -0.05) is 25.1 Å². The second-order valence-electron chi connectivity index (χ2n) is 9.39. The van der Waals surface area contributed by atoms with Gasteiger partial charge in [0.2, 0.25) is 11.8 Å². The van der Waals surface area contributed by atoms with Crippen molar-refractivity contribution in [2.45, 2.75) is 40.0 Å². The molecule has 2 amide bonds. The number of amides is 2. The van der Waals surface area contributed by atoms with E-state index in [-0.39, 0.29) is 24.0 Å². The number of anilines is 3. The number of benzene rings is 1. The Morgan fingerprint density at radius 3 is 2.60 bits per heavy atom. The van der Waals surface area contributed by atoms with Crippen molar-refractivity contribution in [1.82, 2.24) is 14.9 Å². The highest BCUT2D eigenvalue weighted by atomic mass is 16.2. The molecule has 0 bridgehead atoms. The first-order valence-electron chi connectivity index (χ1n) is 11.8. The van der Waals surface area contributed by atoms with Crippen LogP contribution in [0.2, 0.25) is 0 Å². The molecule has 4 rings (SSSR count). The third-order valence-corrected chi connectivity index (χ3v) is 6.29. The number of hydrogen-bond acceptors (Lipinski definition) is 5. The van der Waals surface area contributed by atoms with Crippen molar-refractivity contribution < 1.29 is 14.4 Å². The minimum atomic E-state index is -0.820. The molecule has 1 aliphatic carbocycles. The molecule has 182 valence electrons. The molecule has 3 aromatic rings. The standard InChI is InChI=1S/C27H31N5O3/c1-5-13-32(4)26(35)27(3)15-20-23(21(34)16-27)25(30-19-9-7-6-8-10-19)24(31-20)18-11-12-28-22(14-18)29-17(2)33/h6-12,14,30-31H,5,13,15-16H2,1-4H3,(H,28,29,33). The number of rotatable bonds is 7. The second kappa shape index (κ2) is 9.74. The predicted molar refractivity (Wildman–Crippen MR) is 137 cm³/mol. The number of ketones is 1. The van der Waals surface area contributed by atoms with Crippen LogP contribution in [0.25, 0.3) is 11.3 Å². The van der Waals surface area contributed by atoms with Gasteiger partial charge in [0, 0.05) is 56.5 Å². The molecule has 0 radical (unpaired) electrons. The number of carbonyl (C=O) groups excluding carboxylic acids is 3. The lowest BCUT2D eigenvalue weighted by atomic mass is 9.73. The number of aromatic nitrogens is 2. The van der Waals surface area contributed by atoms with Crippen molar-refractivity contribution in [3.05, 3.63) is 59.9 Å². The Morgan fingerprint density at radius 1 is 1.17 bits per heavy atom. The third-order valence-electron chi connectivity index (χ3n) is 6.29. The van der Waals surface area contributed by atoms with Gasteiger partial charge in [0.25, 0.3) is 0 Å². The summed E-state index contributed by atoms with van der Waals surface area (Å²) < 4.78 is 0. The number of carbonyl (C=O) groups is 3. The second-order valence-corrected chi connectivity index (χ2v) is 9.39. The van der Waals surface area contributed by atoms with Crippen molar-refractivity contribution in [2.75, 3.05) is 24.2 Å². The molecule has 0 aliphatic heterocycles. The van der Waals surface area contributed by atoms with Crippen LogP contribution in [-0.2, 0) is 16.0 Å². The topological polar surface area (TPSA) is 107 Å². The van der Waals surface area contributed by atoms with Gasteiger partial charge in [0.15, 0.2) is 5.78 Å². The van der Waals surface area contributed by atoms with Gasteiger partial charge in [-0.05, 0) is 37.6 Å². The molecule has 3 N–H and O–H groups in total. The van der Waals surface area contributed by atoms with Crippen molar-refractivity contribution in [2.24, 2.45) is 5.41 Å². The third kappa shape index (κ3) is 4.96. The quantitative estimate of drug-likeness (QED) is 0.458. The van der Waals surface area contributed by atoms with Crippen LogP contribution in [-0.4, -0.2) is 46.1 Å². The molecule has 35 heavy (non-hydrogen) atoms. The fourth-order valence-electron chi connectivity index (χ4n) is 4.78. The molecular formula is C27H31N5O3. The zero-order valence-corrected chi connectivity index (χ0v) is 20.6. The van der Waals surface area contributed by atoms with Crippen LogP contribution in [0.4, 0.5) is 17.2 Å². The van der Waals surface area contributed by atoms with E-state index in [1.54, 1.807) is 24.2 Å². The van der Waals surface area contributed by atoms with E-state index < -0.39 is 5.41 Å². The van der Waals surface area contributed by atoms with Crippen LogP contribution in [0.15, 0.2) is 48.7 Å². The normalized spacial score (nSPS) is 17.0. The summed E-state index contributed by atoms with van der Waals surface area (Å²) in [5.41, 5.74) is 3.46. The molecule has 0 saturated heterocycles. The fourth-order valence-corrected chi connectivity index (χ4v) is 4.78.